The third kappa shape index (κ3) is 4.24. The highest BCUT2D eigenvalue weighted by molar-refractivity contribution is 7.93. The minimum Gasteiger partial charge on any atom is -0.497 e. The quantitative estimate of drug-likeness (QED) is 0.362. The average molecular weight is 488 g/mol. The molecule has 4 aromatic rings. The Morgan fingerprint density at radius 1 is 0.939 bits per heavy atom. The molecule has 0 amide bonds. The molecule has 2 heterocycles. The number of hydrogen-bond donors (Lipinski definition) is 0. The van der Waals surface area contributed by atoms with Crippen LogP contribution in [0.2, 0.25) is 0 Å². The van der Waals surface area contributed by atoms with Crippen molar-refractivity contribution < 1.29 is 27.2 Å². The fourth-order valence-corrected chi connectivity index (χ4v) is 5.65. The maximum atomic E-state index is 13.4. The van der Waals surface area contributed by atoms with Gasteiger partial charge >= 0.3 is 0 Å². The van der Waals surface area contributed by atoms with Gasteiger partial charge in [-0.25, -0.2) is 8.42 Å². The molecular weight excluding hydrogens is 466 g/mol. The minimum atomic E-state index is -3.89. The zero-order valence-corrected chi connectivity index (χ0v) is 19.9. The summed E-state index contributed by atoms with van der Waals surface area (Å²) in [5, 5.41) is 5.70. The first-order chi connectivity index (χ1) is 15.9. The summed E-state index contributed by atoms with van der Waals surface area (Å²) < 4.78 is 49.1. The molecule has 33 heavy (non-hydrogen) atoms. The lowest BCUT2D eigenvalue weighted by molar-refractivity contribution is 0.394. The Labute approximate surface area is 195 Å². The van der Waals surface area contributed by atoms with Crippen LogP contribution in [0.1, 0.15) is 0 Å². The second-order valence-electron chi connectivity index (χ2n) is 6.77. The molecule has 9 nitrogen and oxygen atoms in total. The van der Waals surface area contributed by atoms with Crippen LogP contribution in [0.15, 0.2) is 63.3 Å². The first-order valence-corrected chi connectivity index (χ1v) is 12.0. The number of benzene rings is 2. The number of nitrogens with zero attached hydrogens (tertiary/aromatic N) is 3. The predicted molar refractivity (Wildman–Crippen MR) is 125 cm³/mol. The van der Waals surface area contributed by atoms with Crippen LogP contribution in [-0.4, -0.2) is 46.9 Å². The van der Waals surface area contributed by atoms with Crippen molar-refractivity contribution in [3.63, 3.8) is 0 Å². The second-order valence-corrected chi connectivity index (χ2v) is 9.63. The van der Waals surface area contributed by atoms with Crippen molar-refractivity contribution in [1.29, 1.82) is 0 Å². The molecule has 0 unspecified atom stereocenters. The summed E-state index contributed by atoms with van der Waals surface area (Å²) in [6.45, 7) is 0. The van der Waals surface area contributed by atoms with E-state index in [1.54, 1.807) is 62.1 Å². The summed E-state index contributed by atoms with van der Waals surface area (Å²) in [5.41, 5.74) is 1.08. The number of sulfonamides is 1. The standard InChI is InChI=1S/C22H21N3O6S2/c1-25(14-5-7-15(28-2)8-6-14)33(26,27)19-11-12-32-20(19)22-23-21(24-31-22)17-10-9-16(29-3)13-18(17)30-4/h5-13H,1-4H3. The number of rotatable bonds is 8. The third-order valence-electron chi connectivity index (χ3n) is 4.97. The number of hydrogen-bond acceptors (Lipinski definition) is 9. The molecule has 0 aliphatic rings. The molecule has 2 aromatic carbocycles. The van der Waals surface area contributed by atoms with E-state index in [0.29, 0.717) is 33.4 Å². The SMILES string of the molecule is COc1ccc(N(C)S(=O)(=O)c2ccsc2-c2nc(-c3ccc(OC)cc3OC)no2)cc1. The molecule has 172 valence electrons. The molecule has 0 fully saturated rings. The van der Waals surface area contributed by atoms with Crippen LogP contribution < -0.4 is 18.5 Å². The van der Waals surface area contributed by atoms with E-state index < -0.39 is 10.0 Å². The first kappa shape index (κ1) is 22.6. The molecule has 0 atom stereocenters. The lowest BCUT2D eigenvalue weighted by Crippen LogP contribution is -2.26. The summed E-state index contributed by atoms with van der Waals surface area (Å²) >= 11 is 1.20. The Hall–Kier alpha value is -3.57. The highest BCUT2D eigenvalue weighted by atomic mass is 32.2. The Morgan fingerprint density at radius 3 is 2.30 bits per heavy atom. The number of anilines is 1. The molecule has 0 saturated carbocycles. The van der Waals surface area contributed by atoms with Crippen LogP contribution in [0.5, 0.6) is 17.2 Å². The maximum Gasteiger partial charge on any atom is 0.269 e. The number of methoxy groups -OCH3 is 3. The monoisotopic (exact) mass is 487 g/mol. The summed E-state index contributed by atoms with van der Waals surface area (Å²) in [5.74, 6) is 2.12. The number of aromatic nitrogens is 2. The molecule has 0 aliphatic carbocycles. The van der Waals surface area contributed by atoms with Crippen LogP contribution in [0, 0.1) is 0 Å². The van der Waals surface area contributed by atoms with Gasteiger partial charge in [-0.1, -0.05) is 5.16 Å². The molecule has 4 rings (SSSR count). The van der Waals surface area contributed by atoms with E-state index in [4.69, 9.17) is 18.7 Å². The van der Waals surface area contributed by atoms with Crippen LogP contribution in [-0.2, 0) is 10.0 Å². The second kappa shape index (κ2) is 9.12. The van der Waals surface area contributed by atoms with Gasteiger partial charge in [-0.2, -0.15) is 4.98 Å². The van der Waals surface area contributed by atoms with Crippen molar-refractivity contribution in [2.45, 2.75) is 4.90 Å². The van der Waals surface area contributed by atoms with Gasteiger partial charge < -0.3 is 18.7 Å². The van der Waals surface area contributed by atoms with Crippen molar-refractivity contribution in [2.24, 2.45) is 0 Å². The Bertz CT molecular complexity index is 1360. The third-order valence-corrected chi connectivity index (χ3v) is 7.83. The lowest BCUT2D eigenvalue weighted by atomic mass is 10.2. The van der Waals surface area contributed by atoms with Crippen LogP contribution in [0.3, 0.4) is 0 Å². The molecule has 0 radical (unpaired) electrons. The minimum absolute atomic E-state index is 0.0720. The van der Waals surface area contributed by atoms with Gasteiger partial charge in [0.15, 0.2) is 0 Å². The summed E-state index contributed by atoms with van der Waals surface area (Å²) in [7, 11) is 2.23. The van der Waals surface area contributed by atoms with Gasteiger partial charge in [-0.3, -0.25) is 4.31 Å². The smallest absolute Gasteiger partial charge is 0.269 e. The van der Waals surface area contributed by atoms with E-state index in [1.807, 2.05) is 0 Å². The van der Waals surface area contributed by atoms with E-state index in [1.165, 1.54) is 35.9 Å². The molecule has 0 bridgehead atoms. The van der Waals surface area contributed by atoms with Crippen LogP contribution in [0.4, 0.5) is 5.69 Å². The largest absolute Gasteiger partial charge is 0.497 e. The summed E-state index contributed by atoms with van der Waals surface area (Å²) in [4.78, 5) is 4.85. The van der Waals surface area contributed by atoms with Gasteiger partial charge in [0.25, 0.3) is 15.9 Å². The van der Waals surface area contributed by atoms with Gasteiger partial charge in [0.05, 0.1) is 32.6 Å². The van der Waals surface area contributed by atoms with Gasteiger partial charge in [-0.05, 0) is 47.8 Å². The molecule has 0 spiro atoms. The van der Waals surface area contributed by atoms with Crippen molar-refractivity contribution in [3.05, 3.63) is 53.9 Å². The van der Waals surface area contributed by atoms with E-state index in [9.17, 15) is 8.42 Å². The number of thiophene rings is 1. The first-order valence-electron chi connectivity index (χ1n) is 9.66. The predicted octanol–water partition coefficient (Wildman–Crippen LogP) is 4.32. The zero-order chi connectivity index (χ0) is 23.6. The van der Waals surface area contributed by atoms with Crippen molar-refractivity contribution in [2.75, 3.05) is 32.7 Å². The van der Waals surface area contributed by atoms with E-state index in [2.05, 4.69) is 10.1 Å². The topological polar surface area (TPSA) is 104 Å². The molecule has 0 N–H and O–H groups in total. The highest BCUT2D eigenvalue weighted by Gasteiger charge is 2.29. The van der Waals surface area contributed by atoms with Crippen LogP contribution >= 0.6 is 11.3 Å². The van der Waals surface area contributed by atoms with Gasteiger partial charge in [-0.15, -0.1) is 11.3 Å². The van der Waals surface area contributed by atoms with E-state index in [0.717, 1.165) is 0 Å². The van der Waals surface area contributed by atoms with Gasteiger partial charge in [0.2, 0.25) is 5.82 Å². The normalized spacial score (nSPS) is 11.3. The lowest BCUT2D eigenvalue weighted by Gasteiger charge is -2.19. The van der Waals surface area contributed by atoms with Crippen molar-refractivity contribution >= 4 is 27.0 Å². The molecule has 2 aromatic heterocycles. The van der Waals surface area contributed by atoms with Gasteiger partial charge in [0.1, 0.15) is 27.0 Å². The molecular formula is C22H21N3O6S2. The number of ether oxygens (including phenoxy) is 3. The van der Waals surface area contributed by atoms with Gasteiger partial charge in [0, 0.05) is 13.1 Å². The summed E-state index contributed by atoms with van der Waals surface area (Å²) in [6.07, 6.45) is 0. The fraction of sp³-hybridized carbons (Fsp3) is 0.182. The Kier molecular flexibility index (Phi) is 6.25. The molecule has 0 aliphatic heterocycles. The maximum absolute atomic E-state index is 13.4. The van der Waals surface area contributed by atoms with Crippen LogP contribution in [0.25, 0.3) is 22.2 Å². The van der Waals surface area contributed by atoms with Crippen molar-refractivity contribution in [1.82, 2.24) is 10.1 Å². The van der Waals surface area contributed by atoms with E-state index in [-0.39, 0.29) is 16.6 Å². The highest BCUT2D eigenvalue weighted by Crippen LogP contribution is 2.37. The van der Waals surface area contributed by atoms with Crippen molar-refractivity contribution in [3.8, 4) is 39.4 Å². The fourth-order valence-electron chi connectivity index (χ4n) is 3.14. The Balaban J connectivity index is 1.69. The average Bonchev–Trinajstić information content (AvgIpc) is 3.53. The molecule has 0 saturated heterocycles. The van der Waals surface area contributed by atoms with E-state index >= 15 is 0 Å². The Morgan fingerprint density at radius 2 is 1.64 bits per heavy atom. The summed E-state index contributed by atoms with van der Waals surface area (Å²) in [6, 6.07) is 13.5. The zero-order valence-electron chi connectivity index (χ0n) is 18.3. The molecule has 11 heteroatoms.